The molecular formula is C18H16FNO4. The van der Waals surface area contributed by atoms with Crippen molar-refractivity contribution >= 4 is 17.6 Å². The molecule has 1 fully saturated rings. The van der Waals surface area contributed by atoms with Crippen LogP contribution in [0.2, 0.25) is 0 Å². The maximum Gasteiger partial charge on any atom is 0.308 e. The standard InChI is InChI=1S/C18H16FNO4/c19-14-3-1-12(2-4-14)11-24-16-7-5-15(6-8-16)20-10-13(18(22)23)9-17(20)21/h1-8,13H,9-11H2,(H,22,23)/t13-/m1/s1. The molecule has 2 aromatic carbocycles. The minimum Gasteiger partial charge on any atom is -0.489 e. The largest absolute Gasteiger partial charge is 0.489 e. The van der Waals surface area contributed by atoms with E-state index in [-0.39, 0.29) is 24.7 Å². The molecule has 1 N–H and O–H groups in total. The topological polar surface area (TPSA) is 66.8 Å². The molecule has 0 aromatic heterocycles. The number of carbonyl (C=O) groups excluding carboxylic acids is 1. The normalized spacial score (nSPS) is 17.1. The molecule has 5 nitrogen and oxygen atoms in total. The van der Waals surface area contributed by atoms with Crippen LogP contribution in [0.4, 0.5) is 10.1 Å². The lowest BCUT2D eigenvalue weighted by atomic mass is 10.1. The molecule has 0 radical (unpaired) electrons. The van der Waals surface area contributed by atoms with Crippen molar-refractivity contribution in [3.63, 3.8) is 0 Å². The Kier molecular flexibility index (Phi) is 4.46. The quantitative estimate of drug-likeness (QED) is 0.916. The van der Waals surface area contributed by atoms with E-state index in [4.69, 9.17) is 9.84 Å². The van der Waals surface area contributed by atoms with Crippen molar-refractivity contribution in [2.45, 2.75) is 13.0 Å². The molecule has 0 aliphatic carbocycles. The summed E-state index contributed by atoms with van der Waals surface area (Å²) in [5, 5.41) is 9.01. The zero-order valence-corrected chi connectivity index (χ0v) is 12.8. The number of anilines is 1. The number of carboxylic acids is 1. The summed E-state index contributed by atoms with van der Waals surface area (Å²) in [6.45, 7) is 0.493. The van der Waals surface area contributed by atoms with E-state index in [1.165, 1.54) is 17.0 Å². The zero-order chi connectivity index (χ0) is 17.1. The van der Waals surface area contributed by atoms with Crippen molar-refractivity contribution in [3.05, 3.63) is 59.9 Å². The second-order valence-corrected chi connectivity index (χ2v) is 5.65. The average molecular weight is 329 g/mol. The predicted molar refractivity (Wildman–Crippen MR) is 85.3 cm³/mol. The summed E-state index contributed by atoms with van der Waals surface area (Å²) in [7, 11) is 0. The van der Waals surface area contributed by atoms with E-state index in [1.54, 1.807) is 36.4 Å². The van der Waals surface area contributed by atoms with Crippen molar-refractivity contribution in [2.24, 2.45) is 5.92 Å². The molecule has 0 bridgehead atoms. The Morgan fingerprint density at radius 2 is 1.83 bits per heavy atom. The molecule has 124 valence electrons. The lowest BCUT2D eigenvalue weighted by Gasteiger charge is -2.16. The highest BCUT2D eigenvalue weighted by molar-refractivity contribution is 5.99. The Morgan fingerprint density at radius 1 is 1.17 bits per heavy atom. The fourth-order valence-corrected chi connectivity index (χ4v) is 2.59. The molecule has 1 heterocycles. The number of ether oxygens (including phenoxy) is 1. The molecule has 1 saturated heterocycles. The molecule has 1 amide bonds. The van der Waals surface area contributed by atoms with Crippen LogP contribution in [0.15, 0.2) is 48.5 Å². The van der Waals surface area contributed by atoms with Crippen molar-refractivity contribution in [2.75, 3.05) is 11.4 Å². The monoisotopic (exact) mass is 329 g/mol. The number of hydrogen-bond donors (Lipinski definition) is 1. The molecule has 1 aliphatic rings. The SMILES string of the molecule is O=C(O)[C@@H]1CC(=O)N(c2ccc(OCc3ccc(F)cc3)cc2)C1. The van der Waals surface area contributed by atoms with Gasteiger partial charge in [-0.1, -0.05) is 12.1 Å². The second-order valence-electron chi connectivity index (χ2n) is 5.65. The van der Waals surface area contributed by atoms with E-state index in [0.717, 1.165) is 5.56 Å². The zero-order valence-electron chi connectivity index (χ0n) is 12.8. The van der Waals surface area contributed by atoms with Crippen LogP contribution in [-0.2, 0) is 16.2 Å². The first-order valence-corrected chi connectivity index (χ1v) is 7.53. The van der Waals surface area contributed by atoms with Crippen LogP contribution in [-0.4, -0.2) is 23.5 Å². The summed E-state index contributed by atoms with van der Waals surface area (Å²) >= 11 is 0. The van der Waals surface area contributed by atoms with Crippen LogP contribution in [0.1, 0.15) is 12.0 Å². The fraction of sp³-hybridized carbons (Fsp3) is 0.222. The second kappa shape index (κ2) is 6.70. The Balaban J connectivity index is 1.62. The third-order valence-electron chi connectivity index (χ3n) is 3.94. The Labute approximate surface area is 138 Å². The number of halogens is 1. The van der Waals surface area contributed by atoms with E-state index < -0.39 is 11.9 Å². The van der Waals surface area contributed by atoms with E-state index in [1.807, 2.05) is 0 Å². The molecule has 3 rings (SSSR count). The van der Waals surface area contributed by atoms with E-state index >= 15 is 0 Å². The maximum atomic E-state index is 12.8. The van der Waals surface area contributed by atoms with Gasteiger partial charge < -0.3 is 14.7 Å². The number of carboxylic acid groups (broad SMARTS) is 1. The lowest BCUT2D eigenvalue weighted by Crippen LogP contribution is -2.25. The van der Waals surface area contributed by atoms with Gasteiger partial charge in [0.15, 0.2) is 0 Å². The maximum absolute atomic E-state index is 12.8. The van der Waals surface area contributed by atoms with Gasteiger partial charge in [-0.2, -0.15) is 0 Å². The lowest BCUT2D eigenvalue weighted by molar-refractivity contribution is -0.141. The highest BCUT2D eigenvalue weighted by atomic mass is 19.1. The summed E-state index contributed by atoms with van der Waals surface area (Å²) in [4.78, 5) is 24.4. The summed E-state index contributed by atoms with van der Waals surface area (Å²) in [5.41, 5.74) is 1.50. The number of carbonyl (C=O) groups is 2. The van der Waals surface area contributed by atoms with Crippen molar-refractivity contribution < 1.29 is 23.8 Å². The first-order chi connectivity index (χ1) is 11.5. The van der Waals surface area contributed by atoms with Gasteiger partial charge >= 0.3 is 5.97 Å². The van der Waals surface area contributed by atoms with Gasteiger partial charge in [-0.3, -0.25) is 9.59 Å². The molecule has 6 heteroatoms. The van der Waals surface area contributed by atoms with Gasteiger partial charge in [0.25, 0.3) is 0 Å². The van der Waals surface area contributed by atoms with Crippen LogP contribution < -0.4 is 9.64 Å². The molecular weight excluding hydrogens is 313 g/mol. The number of amides is 1. The minimum atomic E-state index is -0.954. The van der Waals surface area contributed by atoms with Gasteiger partial charge in [-0.05, 0) is 42.0 Å². The Hall–Kier alpha value is -2.89. The van der Waals surface area contributed by atoms with E-state index in [2.05, 4.69) is 0 Å². The van der Waals surface area contributed by atoms with Crippen LogP contribution in [0.25, 0.3) is 0 Å². The molecule has 0 spiro atoms. The molecule has 24 heavy (non-hydrogen) atoms. The summed E-state index contributed by atoms with van der Waals surface area (Å²) in [6.07, 6.45) is 0.0259. The number of aliphatic carboxylic acids is 1. The molecule has 0 saturated carbocycles. The summed E-state index contributed by atoms with van der Waals surface area (Å²) in [5.74, 6) is -1.48. The molecule has 1 aliphatic heterocycles. The molecule has 2 aromatic rings. The van der Waals surface area contributed by atoms with Crippen LogP contribution in [0.5, 0.6) is 5.75 Å². The van der Waals surface area contributed by atoms with Crippen molar-refractivity contribution in [3.8, 4) is 5.75 Å². The number of hydrogen-bond acceptors (Lipinski definition) is 3. The first-order valence-electron chi connectivity index (χ1n) is 7.53. The minimum absolute atomic E-state index is 0.0259. The van der Waals surface area contributed by atoms with Crippen LogP contribution >= 0.6 is 0 Å². The Bertz CT molecular complexity index is 743. The van der Waals surface area contributed by atoms with Crippen LogP contribution in [0, 0.1) is 11.7 Å². The van der Waals surface area contributed by atoms with Gasteiger partial charge in [0.05, 0.1) is 5.92 Å². The number of rotatable bonds is 5. The summed E-state index contributed by atoms with van der Waals surface area (Å²) in [6, 6.07) is 12.9. The molecule has 1 atom stereocenters. The average Bonchev–Trinajstić information content (AvgIpc) is 2.97. The Morgan fingerprint density at radius 3 is 2.42 bits per heavy atom. The van der Waals surface area contributed by atoms with Crippen LogP contribution in [0.3, 0.4) is 0 Å². The first kappa shape index (κ1) is 16.0. The highest BCUT2D eigenvalue weighted by Gasteiger charge is 2.34. The molecule has 0 unspecified atom stereocenters. The van der Waals surface area contributed by atoms with Gasteiger partial charge in [0.2, 0.25) is 5.91 Å². The summed E-state index contributed by atoms with van der Waals surface area (Å²) < 4.78 is 18.5. The van der Waals surface area contributed by atoms with Gasteiger partial charge in [-0.15, -0.1) is 0 Å². The predicted octanol–water partition coefficient (Wildman–Crippen LogP) is 2.84. The van der Waals surface area contributed by atoms with Gasteiger partial charge in [-0.25, -0.2) is 4.39 Å². The third-order valence-corrected chi connectivity index (χ3v) is 3.94. The van der Waals surface area contributed by atoms with Crippen molar-refractivity contribution in [1.82, 2.24) is 0 Å². The van der Waals surface area contributed by atoms with Gasteiger partial charge in [0, 0.05) is 18.7 Å². The highest BCUT2D eigenvalue weighted by Crippen LogP contribution is 2.27. The fourth-order valence-electron chi connectivity index (χ4n) is 2.59. The van der Waals surface area contributed by atoms with E-state index in [9.17, 15) is 14.0 Å². The van der Waals surface area contributed by atoms with Crippen molar-refractivity contribution in [1.29, 1.82) is 0 Å². The third kappa shape index (κ3) is 3.53. The van der Waals surface area contributed by atoms with Gasteiger partial charge in [0.1, 0.15) is 18.2 Å². The smallest absolute Gasteiger partial charge is 0.308 e. The number of benzene rings is 2. The number of nitrogens with zero attached hydrogens (tertiary/aromatic N) is 1. The van der Waals surface area contributed by atoms with E-state index in [0.29, 0.717) is 18.0 Å².